The van der Waals surface area contributed by atoms with Gasteiger partial charge >= 0.3 is 0 Å². The van der Waals surface area contributed by atoms with Gasteiger partial charge in [0.05, 0.1) is 4.88 Å². The van der Waals surface area contributed by atoms with Gasteiger partial charge in [-0.2, -0.15) is 0 Å². The normalized spacial score (nSPS) is 16.1. The van der Waals surface area contributed by atoms with Crippen LogP contribution >= 0.6 is 20.7 Å². The minimum absolute atomic E-state index is 0.850. The molecule has 2 aromatic rings. The molecule has 88 valence electrons. The molecule has 0 aliphatic carbocycles. The Balaban J connectivity index is 1.98. The maximum Gasteiger partial charge on any atom is 0.267 e. The molecule has 2 heterocycles. The van der Waals surface area contributed by atoms with Crippen LogP contribution in [0.2, 0.25) is 0 Å². The molecular weight excluding hydrogens is 250 g/mol. The summed E-state index contributed by atoms with van der Waals surface area (Å²) in [6.45, 7) is 3.73. The lowest BCUT2D eigenvalue weighted by Crippen LogP contribution is -2.38. The number of hydrogen-bond acceptors (Lipinski definition) is 3. The van der Waals surface area contributed by atoms with E-state index < -0.39 is 0 Å². The van der Waals surface area contributed by atoms with E-state index in [1.165, 1.54) is 15.1 Å². The summed E-state index contributed by atoms with van der Waals surface area (Å²) in [5, 5.41) is 0. The van der Waals surface area contributed by atoms with Crippen molar-refractivity contribution in [1.82, 2.24) is 4.58 Å². The molecule has 0 unspecified atom stereocenters. The molecule has 2 nitrogen and oxygen atoms in total. The Morgan fingerprint density at radius 3 is 2.53 bits per heavy atom. The molecule has 1 aromatic heterocycles. The van der Waals surface area contributed by atoms with Crippen LogP contribution < -0.4 is 9.25 Å². The maximum atomic E-state index is 5.38. The largest absolute Gasteiger partial charge is 0.368 e. The second kappa shape index (κ2) is 5.12. The van der Waals surface area contributed by atoms with Crippen molar-refractivity contribution in [2.45, 2.75) is 0 Å². The lowest BCUT2D eigenvalue weighted by atomic mass is 10.2. The topological polar surface area (TPSA) is 12.2 Å². The Labute approximate surface area is 108 Å². The van der Waals surface area contributed by atoms with E-state index in [0.717, 1.165) is 26.3 Å². The summed E-state index contributed by atoms with van der Waals surface area (Å²) in [4.78, 5) is 1.36. The molecule has 3 rings (SSSR count). The fourth-order valence-electron chi connectivity index (χ4n) is 1.91. The predicted octanol–water partition coefficient (Wildman–Crippen LogP) is 2.28. The van der Waals surface area contributed by atoms with Crippen LogP contribution in [-0.2, 0) is 4.74 Å². The van der Waals surface area contributed by atoms with E-state index in [0.29, 0.717) is 0 Å². The number of benzene rings is 1. The van der Waals surface area contributed by atoms with Gasteiger partial charge in [-0.3, -0.25) is 0 Å². The van der Waals surface area contributed by atoms with Crippen LogP contribution in [0, 0.1) is 0 Å². The van der Waals surface area contributed by atoms with Gasteiger partial charge in [0, 0.05) is 6.07 Å². The molecule has 0 atom stereocenters. The van der Waals surface area contributed by atoms with Gasteiger partial charge in [0.1, 0.15) is 13.2 Å². The molecule has 1 saturated heterocycles. The highest BCUT2D eigenvalue weighted by molar-refractivity contribution is 7.69. The zero-order chi connectivity index (χ0) is 11.5. The van der Waals surface area contributed by atoms with Crippen molar-refractivity contribution in [1.29, 1.82) is 0 Å². The van der Waals surface area contributed by atoms with Crippen molar-refractivity contribution in [3.63, 3.8) is 0 Å². The smallest absolute Gasteiger partial charge is 0.267 e. The third kappa shape index (κ3) is 2.49. The maximum absolute atomic E-state index is 5.38. The van der Waals surface area contributed by atoms with Crippen molar-refractivity contribution in [2.75, 3.05) is 26.3 Å². The molecule has 1 aromatic carbocycles. The average molecular weight is 264 g/mol. The molecule has 1 fully saturated rings. The summed E-state index contributed by atoms with van der Waals surface area (Å²) in [6.07, 6.45) is 0. The van der Waals surface area contributed by atoms with Crippen molar-refractivity contribution in [3.05, 3.63) is 41.1 Å². The number of ether oxygens (including phenoxy) is 1. The monoisotopic (exact) mass is 264 g/mol. The highest BCUT2D eigenvalue weighted by atomic mass is 32.9. The lowest BCUT2D eigenvalue weighted by molar-refractivity contribution is 0.0971. The van der Waals surface area contributed by atoms with E-state index in [1.54, 1.807) is 0 Å². The summed E-state index contributed by atoms with van der Waals surface area (Å²) in [7, 11) is 3.72. The summed E-state index contributed by atoms with van der Waals surface area (Å²) in [5.41, 5.74) is 1.31. The van der Waals surface area contributed by atoms with Crippen molar-refractivity contribution >= 4 is 20.7 Å². The van der Waals surface area contributed by atoms with Crippen LogP contribution in [0.15, 0.2) is 36.4 Å². The average Bonchev–Trinajstić information content (AvgIpc) is 2.90. The van der Waals surface area contributed by atoms with Crippen molar-refractivity contribution in [3.8, 4) is 10.4 Å². The molecule has 0 bridgehead atoms. The summed E-state index contributed by atoms with van der Waals surface area (Å²) in [6, 6.07) is 12.9. The van der Waals surface area contributed by atoms with Crippen LogP contribution in [0.25, 0.3) is 10.4 Å². The molecule has 17 heavy (non-hydrogen) atoms. The molecule has 1 aliphatic rings. The first-order valence-electron chi connectivity index (χ1n) is 5.75. The van der Waals surface area contributed by atoms with Gasteiger partial charge in [-0.25, -0.2) is 4.58 Å². The lowest BCUT2D eigenvalue weighted by Gasteiger charge is -2.09. The fourth-order valence-corrected chi connectivity index (χ4v) is 4.42. The van der Waals surface area contributed by atoms with Gasteiger partial charge in [0.15, 0.2) is 13.1 Å². The van der Waals surface area contributed by atoms with Gasteiger partial charge in [-0.05, 0) is 15.9 Å². The van der Waals surface area contributed by atoms with Crippen LogP contribution in [-0.4, -0.2) is 26.3 Å². The molecule has 4 heteroatoms. The summed E-state index contributed by atoms with van der Waals surface area (Å²) in [5.74, 6) is 0. The van der Waals surface area contributed by atoms with E-state index >= 15 is 0 Å². The fraction of sp³-hybridized carbons (Fsp3) is 0.308. The third-order valence-corrected chi connectivity index (χ3v) is 5.32. The number of nitrogens with zero attached hydrogens (tertiary/aromatic N) is 1. The Kier molecular flexibility index (Phi) is 3.36. The number of rotatable bonds is 1. The number of hydrogen-bond donors (Lipinski definition) is 0. The van der Waals surface area contributed by atoms with Crippen molar-refractivity contribution in [2.24, 2.45) is 0 Å². The molecule has 0 radical (unpaired) electrons. The van der Waals surface area contributed by atoms with E-state index in [1.807, 2.05) is 20.7 Å². The molecule has 0 spiro atoms. The first-order valence-corrected chi connectivity index (χ1v) is 7.90. The molecule has 0 saturated carbocycles. The zero-order valence-corrected chi connectivity index (χ0v) is 11.1. The van der Waals surface area contributed by atoms with E-state index in [4.69, 9.17) is 4.74 Å². The Morgan fingerprint density at radius 1 is 1.00 bits per heavy atom. The first-order chi connectivity index (χ1) is 8.43. The van der Waals surface area contributed by atoms with Gasteiger partial charge in [-0.15, -0.1) is 0 Å². The molecule has 0 amide bonds. The van der Waals surface area contributed by atoms with Gasteiger partial charge in [-0.1, -0.05) is 40.7 Å². The van der Waals surface area contributed by atoms with Crippen LogP contribution in [0.1, 0.15) is 0 Å². The minimum atomic E-state index is 0.850. The Bertz CT molecular complexity index is 548. The highest BCUT2D eigenvalue weighted by Crippen LogP contribution is 2.24. The predicted molar refractivity (Wildman–Crippen MR) is 73.5 cm³/mol. The van der Waals surface area contributed by atoms with Gasteiger partial charge < -0.3 is 4.74 Å². The van der Waals surface area contributed by atoms with E-state index in [9.17, 15) is 0 Å². The van der Waals surface area contributed by atoms with Gasteiger partial charge in [0.25, 0.3) is 4.67 Å². The zero-order valence-electron chi connectivity index (χ0n) is 9.46. The van der Waals surface area contributed by atoms with Gasteiger partial charge in [0.2, 0.25) is 0 Å². The SMILES string of the molecule is c1ccc(-c2cc(=[N+]3CCOCC3)ss2)cc1. The van der Waals surface area contributed by atoms with Crippen molar-refractivity contribution < 1.29 is 4.74 Å². The summed E-state index contributed by atoms with van der Waals surface area (Å²) < 4.78 is 9.17. The minimum Gasteiger partial charge on any atom is -0.368 e. The standard InChI is InChI=1S/C13H14NOS2/c1-2-4-11(5-3-1)12-10-13(17-16-12)14-6-8-15-9-7-14/h1-5,10H,6-9H2/q+1. The van der Waals surface area contributed by atoms with Crippen LogP contribution in [0.5, 0.6) is 0 Å². The summed E-state index contributed by atoms with van der Waals surface area (Å²) >= 11 is 0. The highest BCUT2D eigenvalue weighted by Gasteiger charge is 2.13. The molecular formula is C13H14NOS2+. The van der Waals surface area contributed by atoms with E-state index in [2.05, 4.69) is 41.0 Å². The molecule has 1 aliphatic heterocycles. The quantitative estimate of drug-likeness (QED) is 0.568. The van der Waals surface area contributed by atoms with Crippen LogP contribution in [0.4, 0.5) is 0 Å². The van der Waals surface area contributed by atoms with E-state index in [-0.39, 0.29) is 0 Å². The second-order valence-corrected chi connectivity index (χ2v) is 6.17. The second-order valence-electron chi connectivity index (χ2n) is 3.98. The molecule has 0 N–H and O–H groups in total. The Morgan fingerprint density at radius 2 is 1.76 bits per heavy atom. The number of morpholine rings is 1. The Hall–Kier alpha value is -0.970. The first kappa shape index (κ1) is 11.1. The third-order valence-electron chi connectivity index (χ3n) is 2.85. The van der Waals surface area contributed by atoms with Crippen LogP contribution in [0.3, 0.4) is 0 Å².